The summed E-state index contributed by atoms with van der Waals surface area (Å²) in [6.07, 6.45) is 1.85. The first-order valence-corrected chi connectivity index (χ1v) is 7.28. The summed E-state index contributed by atoms with van der Waals surface area (Å²) in [5.74, 6) is 0.955. The molecule has 0 atom stereocenters. The molecule has 106 valence electrons. The van der Waals surface area contributed by atoms with Crippen molar-refractivity contribution >= 4 is 11.5 Å². The second-order valence-corrected chi connectivity index (χ2v) is 5.40. The van der Waals surface area contributed by atoms with Gasteiger partial charge in [-0.3, -0.25) is 5.10 Å². The predicted molar refractivity (Wildman–Crippen MR) is 85.9 cm³/mol. The largest absolute Gasteiger partial charge is 0.340 e. The van der Waals surface area contributed by atoms with Crippen molar-refractivity contribution in [1.82, 2.24) is 10.2 Å². The van der Waals surface area contributed by atoms with Gasteiger partial charge in [-0.1, -0.05) is 24.3 Å². The normalized spacial score (nSPS) is 12.1. The number of hydrogen-bond donors (Lipinski definition) is 2. The van der Waals surface area contributed by atoms with Crippen LogP contribution in [0, 0.1) is 11.3 Å². The average Bonchev–Trinajstić information content (AvgIpc) is 2.98. The molecule has 0 amide bonds. The number of nitriles is 1. The summed E-state index contributed by atoms with van der Waals surface area (Å²) < 4.78 is 0. The van der Waals surface area contributed by atoms with E-state index in [2.05, 4.69) is 21.6 Å². The van der Waals surface area contributed by atoms with Gasteiger partial charge in [0.05, 0.1) is 17.3 Å². The Bertz CT molecular complexity index is 872. The van der Waals surface area contributed by atoms with Crippen molar-refractivity contribution < 1.29 is 0 Å². The van der Waals surface area contributed by atoms with Gasteiger partial charge in [0.25, 0.3) is 0 Å². The van der Waals surface area contributed by atoms with Crippen LogP contribution in [0.25, 0.3) is 11.3 Å². The number of rotatable bonds is 2. The Balaban J connectivity index is 1.73. The smallest absolute Gasteiger partial charge is 0.129 e. The monoisotopic (exact) mass is 286 g/mol. The van der Waals surface area contributed by atoms with Gasteiger partial charge in [-0.15, -0.1) is 0 Å². The van der Waals surface area contributed by atoms with Crippen molar-refractivity contribution in [2.45, 2.75) is 12.8 Å². The minimum atomic E-state index is 0.709. The minimum absolute atomic E-state index is 0.709. The van der Waals surface area contributed by atoms with E-state index in [0.717, 1.165) is 35.6 Å². The number of aromatic nitrogens is 2. The molecular weight excluding hydrogens is 272 g/mol. The molecule has 0 unspecified atom stereocenters. The lowest BCUT2D eigenvalue weighted by Crippen LogP contribution is -2.04. The zero-order chi connectivity index (χ0) is 14.9. The van der Waals surface area contributed by atoms with Gasteiger partial charge in [0.1, 0.15) is 5.82 Å². The second kappa shape index (κ2) is 5.05. The van der Waals surface area contributed by atoms with Crippen molar-refractivity contribution in [2.75, 3.05) is 5.32 Å². The van der Waals surface area contributed by atoms with Crippen LogP contribution in [0.15, 0.2) is 48.5 Å². The summed E-state index contributed by atoms with van der Waals surface area (Å²) in [6.45, 7) is 0. The van der Waals surface area contributed by atoms with Crippen molar-refractivity contribution in [2.24, 2.45) is 0 Å². The first kappa shape index (κ1) is 12.7. The molecule has 1 aliphatic carbocycles. The number of hydrogen-bond acceptors (Lipinski definition) is 3. The molecule has 2 aromatic carbocycles. The third-order valence-electron chi connectivity index (χ3n) is 4.04. The highest BCUT2D eigenvalue weighted by molar-refractivity contribution is 5.76. The van der Waals surface area contributed by atoms with Gasteiger partial charge in [-0.25, -0.2) is 0 Å². The van der Waals surface area contributed by atoms with Crippen molar-refractivity contribution in [3.63, 3.8) is 0 Å². The molecule has 22 heavy (non-hydrogen) atoms. The molecule has 1 aliphatic rings. The van der Waals surface area contributed by atoms with E-state index >= 15 is 0 Å². The summed E-state index contributed by atoms with van der Waals surface area (Å²) in [5.41, 5.74) is 6.27. The highest BCUT2D eigenvalue weighted by atomic mass is 15.2. The number of aryl methyl sites for hydroxylation is 1. The molecule has 0 saturated heterocycles. The van der Waals surface area contributed by atoms with Crippen LogP contribution >= 0.6 is 0 Å². The Morgan fingerprint density at radius 2 is 1.95 bits per heavy atom. The minimum Gasteiger partial charge on any atom is -0.340 e. The molecule has 4 heteroatoms. The molecule has 1 aromatic heterocycles. The second-order valence-electron chi connectivity index (χ2n) is 5.40. The number of benzene rings is 2. The third-order valence-corrected chi connectivity index (χ3v) is 4.04. The topological polar surface area (TPSA) is 64.5 Å². The number of para-hydroxylation sites is 1. The van der Waals surface area contributed by atoms with Crippen LogP contribution in [0.3, 0.4) is 0 Å². The van der Waals surface area contributed by atoms with Crippen LogP contribution < -0.4 is 5.32 Å². The lowest BCUT2D eigenvalue weighted by atomic mass is 9.89. The van der Waals surface area contributed by atoms with E-state index in [-0.39, 0.29) is 0 Å². The van der Waals surface area contributed by atoms with Crippen LogP contribution in [-0.2, 0) is 12.8 Å². The quantitative estimate of drug-likeness (QED) is 0.753. The van der Waals surface area contributed by atoms with Crippen LogP contribution in [0.5, 0.6) is 0 Å². The first-order chi connectivity index (χ1) is 10.8. The highest BCUT2D eigenvalue weighted by Crippen LogP contribution is 2.36. The molecular formula is C18H14N4. The lowest BCUT2D eigenvalue weighted by Gasteiger charge is -2.16. The predicted octanol–water partition coefficient (Wildman–Crippen LogP) is 3.79. The molecule has 4 nitrogen and oxygen atoms in total. The van der Waals surface area contributed by atoms with Crippen LogP contribution in [-0.4, -0.2) is 10.2 Å². The summed E-state index contributed by atoms with van der Waals surface area (Å²) in [7, 11) is 0. The van der Waals surface area contributed by atoms with E-state index < -0.39 is 0 Å². The van der Waals surface area contributed by atoms with Crippen LogP contribution in [0.4, 0.5) is 11.5 Å². The van der Waals surface area contributed by atoms with Crippen LogP contribution in [0.2, 0.25) is 0 Å². The molecule has 1 heterocycles. The molecule has 0 radical (unpaired) electrons. The number of fused-ring (bicyclic) bond motifs is 3. The standard InChI is InChI=1S/C18H14N4/c19-11-12-6-8-15-13(10-12)7-9-16-17(15)21-22-18(16)20-14-4-2-1-3-5-14/h1-6,8,10H,7,9H2,(H2,20,21,22). The van der Waals surface area contributed by atoms with E-state index in [1.165, 1.54) is 11.1 Å². The lowest BCUT2D eigenvalue weighted by molar-refractivity contribution is 0.942. The Hall–Kier alpha value is -3.06. The van der Waals surface area contributed by atoms with Gasteiger partial charge in [0, 0.05) is 16.8 Å². The summed E-state index contributed by atoms with van der Waals surface area (Å²) in [6, 6.07) is 18.1. The SMILES string of the molecule is N#Cc1ccc2c(c1)CCc1c-2n[nH]c1Nc1ccccc1. The Morgan fingerprint density at radius 1 is 1.09 bits per heavy atom. The zero-order valence-corrected chi connectivity index (χ0v) is 11.9. The van der Waals surface area contributed by atoms with E-state index in [1.54, 1.807) is 0 Å². The number of anilines is 2. The fourth-order valence-electron chi connectivity index (χ4n) is 2.96. The number of aromatic amines is 1. The number of nitrogens with one attached hydrogen (secondary N) is 2. The van der Waals surface area contributed by atoms with Crippen molar-refractivity contribution in [3.8, 4) is 17.3 Å². The molecule has 0 fully saturated rings. The molecule has 0 spiro atoms. The number of H-pyrrole nitrogens is 1. The van der Waals surface area contributed by atoms with E-state index in [9.17, 15) is 0 Å². The third kappa shape index (κ3) is 2.04. The summed E-state index contributed by atoms with van der Waals surface area (Å²) >= 11 is 0. The van der Waals surface area contributed by atoms with Gasteiger partial charge in [0.2, 0.25) is 0 Å². The van der Waals surface area contributed by atoms with Gasteiger partial charge >= 0.3 is 0 Å². The molecule has 3 aromatic rings. The highest BCUT2D eigenvalue weighted by Gasteiger charge is 2.22. The van der Waals surface area contributed by atoms with E-state index in [0.29, 0.717) is 5.56 Å². The molecule has 0 bridgehead atoms. The van der Waals surface area contributed by atoms with Crippen LogP contribution in [0.1, 0.15) is 16.7 Å². The maximum atomic E-state index is 9.02. The maximum absolute atomic E-state index is 9.02. The number of nitrogens with zero attached hydrogens (tertiary/aromatic N) is 2. The fraction of sp³-hybridized carbons (Fsp3) is 0.111. The first-order valence-electron chi connectivity index (χ1n) is 7.28. The van der Waals surface area contributed by atoms with Gasteiger partial charge in [-0.05, 0) is 42.7 Å². The molecule has 4 rings (SSSR count). The summed E-state index contributed by atoms with van der Waals surface area (Å²) in [5, 5.41) is 20.0. The average molecular weight is 286 g/mol. The van der Waals surface area contributed by atoms with E-state index in [4.69, 9.17) is 5.26 Å². The molecule has 0 aliphatic heterocycles. The molecule has 2 N–H and O–H groups in total. The van der Waals surface area contributed by atoms with Gasteiger partial charge < -0.3 is 5.32 Å². The summed E-state index contributed by atoms with van der Waals surface area (Å²) in [4.78, 5) is 0. The molecule has 0 saturated carbocycles. The van der Waals surface area contributed by atoms with Gasteiger partial charge in [0.15, 0.2) is 0 Å². The van der Waals surface area contributed by atoms with E-state index in [1.807, 2.05) is 48.5 Å². The Kier molecular flexibility index (Phi) is 2.90. The Morgan fingerprint density at radius 3 is 2.77 bits per heavy atom. The van der Waals surface area contributed by atoms with Gasteiger partial charge in [-0.2, -0.15) is 10.4 Å². The fourth-order valence-corrected chi connectivity index (χ4v) is 2.96. The van der Waals surface area contributed by atoms with Crippen molar-refractivity contribution in [1.29, 1.82) is 5.26 Å². The van der Waals surface area contributed by atoms with Crippen molar-refractivity contribution in [3.05, 3.63) is 65.2 Å². The zero-order valence-electron chi connectivity index (χ0n) is 11.9. The Labute approximate surface area is 128 Å². The maximum Gasteiger partial charge on any atom is 0.129 e.